The van der Waals surface area contributed by atoms with Crippen molar-refractivity contribution in [3.8, 4) is 5.75 Å². The van der Waals surface area contributed by atoms with Gasteiger partial charge in [-0.05, 0) is 29.7 Å². The van der Waals surface area contributed by atoms with E-state index in [2.05, 4.69) is 15.7 Å². The predicted molar refractivity (Wildman–Crippen MR) is 91.9 cm³/mol. The van der Waals surface area contributed by atoms with Gasteiger partial charge in [-0.15, -0.1) is 0 Å². The molecule has 0 radical (unpaired) electrons. The van der Waals surface area contributed by atoms with Crippen LogP contribution in [0.2, 0.25) is 0 Å². The summed E-state index contributed by atoms with van der Waals surface area (Å²) in [5.74, 6) is 1.03. The number of nitrogens with one attached hydrogen (secondary N) is 2. The molecule has 0 bridgehead atoms. The molecule has 1 amide bonds. The van der Waals surface area contributed by atoms with E-state index in [4.69, 9.17) is 4.74 Å². The Labute approximate surface area is 142 Å². The minimum absolute atomic E-state index is 0.0680. The lowest BCUT2D eigenvalue weighted by Gasteiger charge is -2.17. The average molecular weight is 328 g/mol. The molecule has 1 fully saturated rings. The summed E-state index contributed by atoms with van der Waals surface area (Å²) in [5.41, 5.74) is 3.23. The van der Waals surface area contributed by atoms with Crippen LogP contribution in [0.15, 0.2) is 30.6 Å². The first-order chi connectivity index (χ1) is 11.6. The quantitative estimate of drug-likeness (QED) is 0.869. The maximum atomic E-state index is 12.6. The van der Waals surface area contributed by atoms with Crippen LogP contribution in [0.5, 0.6) is 5.75 Å². The Balaban J connectivity index is 1.64. The van der Waals surface area contributed by atoms with Gasteiger partial charge >= 0.3 is 0 Å². The van der Waals surface area contributed by atoms with Crippen molar-refractivity contribution in [2.75, 3.05) is 20.2 Å². The third-order valence-corrected chi connectivity index (χ3v) is 4.64. The number of aromatic nitrogens is 2. The van der Waals surface area contributed by atoms with E-state index >= 15 is 0 Å². The van der Waals surface area contributed by atoms with Crippen molar-refractivity contribution in [2.24, 2.45) is 13.0 Å². The monoisotopic (exact) mass is 328 g/mol. The smallest absolute Gasteiger partial charge is 0.225 e. The van der Waals surface area contributed by atoms with Crippen LogP contribution < -0.4 is 15.4 Å². The summed E-state index contributed by atoms with van der Waals surface area (Å²) in [6.45, 7) is 4.01. The Kier molecular flexibility index (Phi) is 4.85. The first kappa shape index (κ1) is 16.5. The highest BCUT2D eigenvalue weighted by Gasteiger charge is 2.34. The van der Waals surface area contributed by atoms with E-state index in [1.165, 1.54) is 0 Å². The molecule has 2 heterocycles. The van der Waals surface area contributed by atoms with Crippen molar-refractivity contribution in [3.63, 3.8) is 0 Å². The lowest BCUT2D eigenvalue weighted by molar-refractivity contribution is -0.125. The van der Waals surface area contributed by atoms with Crippen LogP contribution in [-0.4, -0.2) is 35.9 Å². The van der Waals surface area contributed by atoms with Crippen molar-refractivity contribution < 1.29 is 9.53 Å². The van der Waals surface area contributed by atoms with Crippen LogP contribution >= 0.6 is 0 Å². The molecule has 2 aromatic rings. The Morgan fingerprint density at radius 3 is 3.00 bits per heavy atom. The zero-order valence-electron chi connectivity index (χ0n) is 14.4. The maximum absolute atomic E-state index is 12.6. The van der Waals surface area contributed by atoms with Gasteiger partial charge in [-0.25, -0.2) is 0 Å². The molecular weight excluding hydrogens is 304 g/mol. The highest BCUT2D eigenvalue weighted by atomic mass is 16.5. The number of methoxy groups -OCH3 is 1. The number of amides is 1. The largest absolute Gasteiger partial charge is 0.496 e. The molecule has 0 aliphatic carbocycles. The molecule has 0 spiro atoms. The van der Waals surface area contributed by atoms with Gasteiger partial charge in [0.1, 0.15) is 5.75 Å². The molecule has 128 valence electrons. The second kappa shape index (κ2) is 7.05. The topological polar surface area (TPSA) is 68.2 Å². The number of benzene rings is 1. The molecule has 6 nitrogen and oxygen atoms in total. The lowest BCUT2D eigenvalue weighted by Crippen LogP contribution is -2.33. The molecule has 6 heteroatoms. The summed E-state index contributed by atoms with van der Waals surface area (Å²) in [7, 11) is 3.55. The molecule has 1 aliphatic heterocycles. The maximum Gasteiger partial charge on any atom is 0.225 e. The van der Waals surface area contributed by atoms with Crippen molar-refractivity contribution in [3.05, 3.63) is 47.3 Å². The third-order valence-electron chi connectivity index (χ3n) is 4.64. The number of hydrogen-bond acceptors (Lipinski definition) is 4. The van der Waals surface area contributed by atoms with Crippen molar-refractivity contribution in [1.29, 1.82) is 0 Å². The zero-order valence-corrected chi connectivity index (χ0v) is 14.4. The van der Waals surface area contributed by atoms with Gasteiger partial charge in [0.25, 0.3) is 0 Å². The molecule has 2 N–H and O–H groups in total. The van der Waals surface area contributed by atoms with Crippen molar-refractivity contribution in [2.45, 2.75) is 19.4 Å². The van der Waals surface area contributed by atoms with Gasteiger partial charge in [0.2, 0.25) is 5.91 Å². The van der Waals surface area contributed by atoms with E-state index in [-0.39, 0.29) is 17.7 Å². The fourth-order valence-corrected chi connectivity index (χ4v) is 3.23. The summed E-state index contributed by atoms with van der Waals surface area (Å²) in [6, 6.07) is 6.00. The molecule has 3 rings (SSSR count). The SMILES string of the molecule is COc1cc(CNC(=O)[C@H]2CNC[C@@H]2c2cnn(C)c2)ccc1C. The first-order valence-corrected chi connectivity index (χ1v) is 8.19. The minimum Gasteiger partial charge on any atom is -0.496 e. The van der Waals surface area contributed by atoms with Gasteiger partial charge in [0, 0.05) is 38.8 Å². The van der Waals surface area contributed by atoms with E-state index in [1.54, 1.807) is 11.8 Å². The first-order valence-electron chi connectivity index (χ1n) is 8.19. The van der Waals surface area contributed by atoms with Crippen LogP contribution in [0, 0.1) is 12.8 Å². The zero-order chi connectivity index (χ0) is 17.1. The Bertz CT molecular complexity index is 726. The van der Waals surface area contributed by atoms with Crippen LogP contribution in [0.4, 0.5) is 0 Å². The summed E-state index contributed by atoms with van der Waals surface area (Å²) in [5, 5.41) is 10.6. The Morgan fingerprint density at radius 1 is 1.46 bits per heavy atom. The highest BCUT2D eigenvalue weighted by molar-refractivity contribution is 5.80. The summed E-state index contributed by atoms with van der Waals surface area (Å²) >= 11 is 0. The predicted octanol–water partition coefficient (Wildman–Crippen LogP) is 1.36. The van der Waals surface area contributed by atoms with E-state index in [9.17, 15) is 4.79 Å². The third kappa shape index (κ3) is 3.43. The molecule has 2 atom stereocenters. The highest BCUT2D eigenvalue weighted by Crippen LogP contribution is 2.28. The molecule has 0 unspecified atom stereocenters. The number of carbonyl (C=O) groups excluding carboxylic acids is 1. The number of ether oxygens (including phenoxy) is 1. The number of carbonyl (C=O) groups is 1. The van der Waals surface area contributed by atoms with Crippen LogP contribution in [0.3, 0.4) is 0 Å². The van der Waals surface area contributed by atoms with Crippen LogP contribution in [-0.2, 0) is 18.4 Å². The Hall–Kier alpha value is -2.34. The number of aryl methyl sites for hydroxylation is 2. The fraction of sp³-hybridized carbons (Fsp3) is 0.444. The van der Waals surface area contributed by atoms with Gasteiger partial charge in [-0.3, -0.25) is 9.48 Å². The van der Waals surface area contributed by atoms with Crippen molar-refractivity contribution >= 4 is 5.91 Å². The fourth-order valence-electron chi connectivity index (χ4n) is 3.23. The molecular formula is C18H24N4O2. The van der Waals surface area contributed by atoms with E-state index in [1.807, 2.05) is 44.6 Å². The second-order valence-corrected chi connectivity index (χ2v) is 6.34. The molecule has 24 heavy (non-hydrogen) atoms. The summed E-state index contributed by atoms with van der Waals surface area (Å²) in [4.78, 5) is 12.6. The summed E-state index contributed by atoms with van der Waals surface area (Å²) in [6.07, 6.45) is 3.84. The van der Waals surface area contributed by atoms with Gasteiger partial charge in [-0.1, -0.05) is 12.1 Å². The molecule has 1 aromatic carbocycles. The molecule has 1 saturated heterocycles. The van der Waals surface area contributed by atoms with Crippen LogP contribution in [0.1, 0.15) is 22.6 Å². The molecule has 1 aliphatic rings. The van der Waals surface area contributed by atoms with Gasteiger partial charge < -0.3 is 15.4 Å². The summed E-state index contributed by atoms with van der Waals surface area (Å²) < 4.78 is 7.12. The van der Waals surface area contributed by atoms with E-state index < -0.39 is 0 Å². The normalized spacial score (nSPS) is 20.1. The molecule has 0 saturated carbocycles. The van der Waals surface area contributed by atoms with Gasteiger partial charge in [0.15, 0.2) is 0 Å². The van der Waals surface area contributed by atoms with Gasteiger partial charge in [-0.2, -0.15) is 5.10 Å². The number of rotatable bonds is 5. The number of hydrogen-bond donors (Lipinski definition) is 2. The average Bonchev–Trinajstić information content (AvgIpc) is 3.22. The second-order valence-electron chi connectivity index (χ2n) is 6.34. The molecule has 1 aromatic heterocycles. The standard InChI is InChI=1S/C18H24N4O2/c1-12-4-5-13(6-17(12)24-3)7-20-18(23)16-10-19-9-15(16)14-8-21-22(2)11-14/h4-6,8,11,15-16,19H,7,9-10H2,1-3H3,(H,20,23)/t15-,16+/m1/s1. The van der Waals surface area contributed by atoms with E-state index in [0.29, 0.717) is 13.1 Å². The lowest BCUT2D eigenvalue weighted by atomic mass is 9.90. The Morgan fingerprint density at radius 2 is 2.29 bits per heavy atom. The van der Waals surface area contributed by atoms with Crippen molar-refractivity contribution in [1.82, 2.24) is 20.4 Å². The van der Waals surface area contributed by atoms with Crippen LogP contribution in [0.25, 0.3) is 0 Å². The number of nitrogens with zero attached hydrogens (tertiary/aromatic N) is 2. The minimum atomic E-state index is -0.0680. The van der Waals surface area contributed by atoms with E-state index in [0.717, 1.165) is 29.0 Å². The van der Waals surface area contributed by atoms with Gasteiger partial charge in [0.05, 0.1) is 19.2 Å².